The highest BCUT2D eigenvalue weighted by atomic mass is 16.5. The summed E-state index contributed by atoms with van der Waals surface area (Å²) in [5.41, 5.74) is 5.47. The van der Waals surface area contributed by atoms with E-state index in [1.807, 2.05) is 6.92 Å². The third-order valence-corrected chi connectivity index (χ3v) is 4.24. The average Bonchev–Trinajstić information content (AvgIpc) is 2.62. The van der Waals surface area contributed by atoms with Crippen LogP contribution in [0.2, 0.25) is 0 Å². The van der Waals surface area contributed by atoms with Crippen molar-refractivity contribution in [2.45, 2.75) is 84.0 Å². The van der Waals surface area contributed by atoms with Crippen molar-refractivity contribution in [2.75, 3.05) is 19.7 Å². The Balaban J connectivity index is 3.64. The first kappa shape index (κ1) is 23.6. The van der Waals surface area contributed by atoms with Gasteiger partial charge in [-0.25, -0.2) is 4.79 Å². The van der Waals surface area contributed by atoms with Crippen molar-refractivity contribution in [2.24, 2.45) is 5.73 Å². The van der Waals surface area contributed by atoms with Gasteiger partial charge in [0.25, 0.3) is 0 Å². The Morgan fingerprint density at radius 1 is 0.920 bits per heavy atom. The van der Waals surface area contributed by atoms with Gasteiger partial charge >= 0.3 is 11.9 Å². The number of esters is 1. The van der Waals surface area contributed by atoms with Crippen molar-refractivity contribution >= 4 is 11.9 Å². The molecule has 0 aromatic rings. The molecule has 0 bridgehead atoms. The highest BCUT2D eigenvalue weighted by Crippen LogP contribution is 2.11. The van der Waals surface area contributed by atoms with Gasteiger partial charge in [-0.1, -0.05) is 71.3 Å². The number of amides is 1. The molecule has 0 saturated carbocycles. The predicted octanol–water partition coefficient (Wildman–Crippen LogP) is 4.16. The van der Waals surface area contributed by atoms with Gasteiger partial charge in [0.15, 0.2) is 0 Å². The molecule has 2 N–H and O–H groups in total. The van der Waals surface area contributed by atoms with Crippen LogP contribution in [0.1, 0.15) is 84.0 Å². The summed E-state index contributed by atoms with van der Waals surface area (Å²) in [6, 6.07) is 0. The monoisotopic (exact) mass is 354 g/mol. The summed E-state index contributed by atoms with van der Waals surface area (Å²) >= 11 is 0. The summed E-state index contributed by atoms with van der Waals surface area (Å²) in [4.78, 5) is 25.0. The van der Waals surface area contributed by atoms with Crippen LogP contribution in [0.25, 0.3) is 0 Å². The molecule has 0 radical (unpaired) electrons. The lowest BCUT2D eigenvalue weighted by molar-refractivity contribution is -0.158. The number of carbonyl (C=O) groups is 2. The van der Waals surface area contributed by atoms with Gasteiger partial charge in [-0.05, 0) is 25.8 Å². The smallest absolute Gasteiger partial charge is 0.397 e. The predicted molar refractivity (Wildman–Crippen MR) is 103 cm³/mol. The molecule has 1 amide bonds. The highest BCUT2D eigenvalue weighted by Gasteiger charge is 2.20. The van der Waals surface area contributed by atoms with Crippen LogP contribution in [0.15, 0.2) is 12.8 Å². The second-order valence-corrected chi connectivity index (χ2v) is 6.49. The summed E-state index contributed by atoms with van der Waals surface area (Å²) in [7, 11) is 0. The Morgan fingerprint density at radius 2 is 1.44 bits per heavy atom. The van der Waals surface area contributed by atoms with Crippen LogP contribution in [0.3, 0.4) is 0 Å². The van der Waals surface area contributed by atoms with E-state index < -0.39 is 11.9 Å². The molecule has 0 fully saturated rings. The lowest BCUT2D eigenvalue weighted by Gasteiger charge is -2.16. The SMILES string of the molecule is C=CN(CCCCCCCCCCCCN)C(=O)C(=O)OCCCC. The molecular formula is C20H38N2O3. The van der Waals surface area contributed by atoms with Gasteiger partial charge in [0.2, 0.25) is 0 Å². The van der Waals surface area contributed by atoms with Crippen molar-refractivity contribution in [3.63, 3.8) is 0 Å². The van der Waals surface area contributed by atoms with Gasteiger partial charge in [0.05, 0.1) is 6.61 Å². The van der Waals surface area contributed by atoms with Crippen LogP contribution >= 0.6 is 0 Å². The van der Waals surface area contributed by atoms with Crippen LogP contribution in [0, 0.1) is 0 Å². The zero-order chi connectivity index (χ0) is 18.8. The minimum absolute atomic E-state index is 0.304. The fourth-order valence-electron chi connectivity index (χ4n) is 2.60. The molecule has 0 spiro atoms. The number of ether oxygens (including phenoxy) is 1. The average molecular weight is 355 g/mol. The Labute approximate surface area is 154 Å². The molecule has 5 nitrogen and oxygen atoms in total. The molecule has 0 aromatic carbocycles. The van der Waals surface area contributed by atoms with E-state index in [0.29, 0.717) is 13.2 Å². The first-order valence-electron chi connectivity index (χ1n) is 9.97. The first-order chi connectivity index (χ1) is 12.2. The Morgan fingerprint density at radius 3 is 1.92 bits per heavy atom. The second-order valence-electron chi connectivity index (χ2n) is 6.49. The number of nitrogens with two attached hydrogens (primary N) is 1. The third kappa shape index (κ3) is 13.6. The van der Waals surface area contributed by atoms with Crippen molar-refractivity contribution < 1.29 is 14.3 Å². The van der Waals surface area contributed by atoms with Crippen LogP contribution in [0.5, 0.6) is 0 Å². The zero-order valence-corrected chi connectivity index (χ0v) is 16.1. The topological polar surface area (TPSA) is 72.6 Å². The van der Waals surface area contributed by atoms with Gasteiger partial charge in [-0.3, -0.25) is 4.79 Å². The van der Waals surface area contributed by atoms with E-state index in [0.717, 1.165) is 38.6 Å². The fourth-order valence-corrected chi connectivity index (χ4v) is 2.60. The molecule has 5 heteroatoms. The number of unbranched alkanes of at least 4 members (excludes halogenated alkanes) is 10. The van der Waals surface area contributed by atoms with Crippen molar-refractivity contribution in [1.82, 2.24) is 4.90 Å². The van der Waals surface area contributed by atoms with E-state index in [4.69, 9.17) is 10.5 Å². The normalized spacial score (nSPS) is 10.5. The maximum absolute atomic E-state index is 12.0. The molecule has 0 aliphatic rings. The van der Waals surface area contributed by atoms with E-state index >= 15 is 0 Å². The molecule has 0 atom stereocenters. The number of rotatable bonds is 16. The standard InChI is InChI=1S/C20H38N2O3/c1-3-5-18-25-20(24)19(23)22(4-2)17-15-13-11-9-7-6-8-10-12-14-16-21/h4H,2-3,5-18,21H2,1H3. The molecule has 0 heterocycles. The fraction of sp³-hybridized carbons (Fsp3) is 0.800. The van der Waals surface area contributed by atoms with Gasteiger partial charge in [-0.15, -0.1) is 0 Å². The molecule has 0 aromatic heterocycles. The third-order valence-electron chi connectivity index (χ3n) is 4.24. The minimum Gasteiger partial charge on any atom is -0.459 e. The number of nitrogens with zero attached hydrogens (tertiary/aromatic N) is 1. The van der Waals surface area contributed by atoms with Crippen molar-refractivity contribution in [3.05, 3.63) is 12.8 Å². The van der Waals surface area contributed by atoms with E-state index in [9.17, 15) is 9.59 Å². The highest BCUT2D eigenvalue weighted by molar-refractivity contribution is 6.32. The van der Waals surface area contributed by atoms with Crippen molar-refractivity contribution in [1.29, 1.82) is 0 Å². The molecule has 0 rings (SSSR count). The van der Waals surface area contributed by atoms with Gasteiger partial charge in [-0.2, -0.15) is 0 Å². The van der Waals surface area contributed by atoms with E-state index in [2.05, 4.69) is 6.58 Å². The number of hydrogen-bond donors (Lipinski definition) is 1. The van der Waals surface area contributed by atoms with Crippen LogP contribution in [-0.4, -0.2) is 36.5 Å². The lowest BCUT2D eigenvalue weighted by Crippen LogP contribution is -2.34. The van der Waals surface area contributed by atoms with E-state index in [-0.39, 0.29) is 0 Å². The molecule has 0 aliphatic heterocycles. The van der Waals surface area contributed by atoms with Crippen molar-refractivity contribution in [3.8, 4) is 0 Å². The van der Waals surface area contributed by atoms with E-state index in [1.165, 1.54) is 56.0 Å². The molecule has 146 valence electrons. The summed E-state index contributed by atoms with van der Waals surface area (Å²) < 4.78 is 4.95. The largest absolute Gasteiger partial charge is 0.459 e. The number of hydrogen-bond acceptors (Lipinski definition) is 4. The van der Waals surface area contributed by atoms with E-state index in [1.54, 1.807) is 0 Å². The van der Waals surface area contributed by atoms with Crippen LogP contribution < -0.4 is 5.73 Å². The van der Waals surface area contributed by atoms with Crippen LogP contribution in [0.4, 0.5) is 0 Å². The summed E-state index contributed by atoms with van der Waals surface area (Å²) in [6.07, 6.45) is 15.1. The Kier molecular flexibility index (Phi) is 16.5. The summed E-state index contributed by atoms with van der Waals surface area (Å²) in [5.74, 6) is -1.38. The van der Waals surface area contributed by atoms with Gasteiger partial charge in [0, 0.05) is 12.7 Å². The molecule has 0 saturated heterocycles. The minimum atomic E-state index is -0.775. The first-order valence-corrected chi connectivity index (χ1v) is 9.97. The quantitative estimate of drug-likeness (QED) is 0.257. The Hall–Kier alpha value is -1.36. The molecule has 0 aliphatic carbocycles. The lowest BCUT2D eigenvalue weighted by atomic mass is 10.1. The van der Waals surface area contributed by atoms with Crippen LogP contribution in [-0.2, 0) is 14.3 Å². The maximum atomic E-state index is 12.0. The maximum Gasteiger partial charge on any atom is 0.397 e. The summed E-state index contributed by atoms with van der Waals surface area (Å²) in [6.45, 7) is 7.27. The zero-order valence-electron chi connectivity index (χ0n) is 16.1. The Bertz CT molecular complexity index is 359. The molecule has 0 unspecified atom stereocenters. The van der Waals surface area contributed by atoms with Gasteiger partial charge in [0.1, 0.15) is 0 Å². The molecular weight excluding hydrogens is 316 g/mol. The van der Waals surface area contributed by atoms with Gasteiger partial charge < -0.3 is 15.4 Å². The number of carbonyl (C=O) groups excluding carboxylic acids is 2. The summed E-state index contributed by atoms with van der Waals surface area (Å²) in [5, 5.41) is 0. The second kappa shape index (κ2) is 17.5. The molecule has 25 heavy (non-hydrogen) atoms.